The van der Waals surface area contributed by atoms with Crippen molar-refractivity contribution < 1.29 is 19.1 Å². The minimum Gasteiger partial charge on any atom is -0.507 e. The van der Waals surface area contributed by atoms with Gasteiger partial charge in [-0.2, -0.15) is 0 Å². The molecule has 1 N–H and O–H groups in total. The van der Waals surface area contributed by atoms with E-state index >= 15 is 0 Å². The van der Waals surface area contributed by atoms with Crippen LogP contribution in [0.5, 0.6) is 0 Å². The Hall–Kier alpha value is -3.73. The Labute approximate surface area is 161 Å². The van der Waals surface area contributed by atoms with Crippen molar-refractivity contribution in [3.8, 4) is 0 Å². The summed E-state index contributed by atoms with van der Waals surface area (Å²) in [4.78, 5) is 27.0. The minimum atomic E-state index is -0.813. The summed E-state index contributed by atoms with van der Waals surface area (Å²) in [6.07, 6.45) is 0. The van der Waals surface area contributed by atoms with Crippen molar-refractivity contribution in [3.63, 3.8) is 0 Å². The van der Waals surface area contributed by atoms with Gasteiger partial charge in [0.2, 0.25) is 0 Å². The highest BCUT2D eigenvalue weighted by Gasteiger charge is 2.46. The zero-order chi connectivity index (χ0) is 19.7. The summed E-state index contributed by atoms with van der Waals surface area (Å²) in [5.41, 5.74) is 1.50. The topological polar surface area (TPSA) is 57.6 Å². The molecule has 0 radical (unpaired) electrons. The number of ketones is 1. The number of halogens is 1. The number of aliphatic hydroxyl groups is 1. The van der Waals surface area contributed by atoms with Gasteiger partial charge >= 0.3 is 0 Å². The maximum Gasteiger partial charge on any atom is 0.300 e. The smallest absolute Gasteiger partial charge is 0.300 e. The summed E-state index contributed by atoms with van der Waals surface area (Å²) in [6.45, 7) is 0. The van der Waals surface area contributed by atoms with Crippen molar-refractivity contribution in [1.82, 2.24) is 0 Å². The van der Waals surface area contributed by atoms with E-state index in [-0.39, 0.29) is 11.3 Å². The fourth-order valence-corrected chi connectivity index (χ4v) is 3.40. The Balaban J connectivity index is 1.94. The third-order valence-electron chi connectivity index (χ3n) is 4.71. The number of anilines is 1. The molecule has 1 heterocycles. The van der Waals surface area contributed by atoms with Crippen molar-refractivity contribution in [2.24, 2.45) is 0 Å². The molecule has 0 bridgehead atoms. The van der Waals surface area contributed by atoms with E-state index in [1.807, 2.05) is 6.07 Å². The number of amides is 1. The van der Waals surface area contributed by atoms with Crippen LogP contribution >= 0.6 is 0 Å². The molecular weight excluding hydrogens is 357 g/mol. The molecular formula is C23H16FNO3. The number of hydrogen-bond acceptors (Lipinski definition) is 3. The van der Waals surface area contributed by atoms with Gasteiger partial charge in [-0.1, -0.05) is 60.7 Å². The van der Waals surface area contributed by atoms with Crippen LogP contribution in [-0.4, -0.2) is 16.8 Å². The van der Waals surface area contributed by atoms with Crippen LogP contribution in [0, 0.1) is 5.82 Å². The highest BCUT2D eigenvalue weighted by atomic mass is 19.1. The van der Waals surface area contributed by atoms with Gasteiger partial charge in [0, 0.05) is 11.3 Å². The molecule has 1 amide bonds. The second kappa shape index (κ2) is 7.12. The lowest BCUT2D eigenvalue weighted by molar-refractivity contribution is -0.132. The summed E-state index contributed by atoms with van der Waals surface area (Å²) in [5.74, 6) is -2.23. The van der Waals surface area contributed by atoms with E-state index in [9.17, 15) is 19.1 Å². The third kappa shape index (κ3) is 2.97. The maximum atomic E-state index is 13.4. The molecule has 3 aromatic carbocycles. The molecule has 28 heavy (non-hydrogen) atoms. The molecule has 4 rings (SSSR count). The van der Waals surface area contributed by atoms with E-state index in [4.69, 9.17) is 0 Å². The van der Waals surface area contributed by atoms with Crippen LogP contribution in [-0.2, 0) is 9.59 Å². The molecule has 4 nitrogen and oxygen atoms in total. The number of rotatable bonds is 3. The number of hydrogen-bond donors (Lipinski definition) is 1. The quantitative estimate of drug-likeness (QED) is 0.419. The zero-order valence-corrected chi connectivity index (χ0v) is 14.7. The number of carbonyl (C=O) groups excluding carboxylic acids is 2. The highest BCUT2D eigenvalue weighted by Crippen LogP contribution is 2.41. The number of aliphatic hydroxyl groups excluding tert-OH is 1. The van der Waals surface area contributed by atoms with Gasteiger partial charge in [-0.25, -0.2) is 4.39 Å². The van der Waals surface area contributed by atoms with Gasteiger partial charge in [0.25, 0.3) is 11.7 Å². The van der Waals surface area contributed by atoms with E-state index in [0.717, 1.165) is 0 Å². The lowest BCUT2D eigenvalue weighted by Crippen LogP contribution is -2.29. The number of Topliss-reactive ketones (excluding diaryl/α,β-unsaturated/α-hetero) is 1. The largest absolute Gasteiger partial charge is 0.507 e. The highest BCUT2D eigenvalue weighted by molar-refractivity contribution is 6.51. The van der Waals surface area contributed by atoms with Gasteiger partial charge in [0.15, 0.2) is 0 Å². The van der Waals surface area contributed by atoms with Crippen LogP contribution in [0.4, 0.5) is 10.1 Å². The van der Waals surface area contributed by atoms with Crippen LogP contribution in [0.3, 0.4) is 0 Å². The molecule has 1 atom stereocenters. The molecule has 1 aliphatic heterocycles. The van der Waals surface area contributed by atoms with Crippen LogP contribution in [0.15, 0.2) is 90.5 Å². The molecule has 1 aliphatic rings. The van der Waals surface area contributed by atoms with Crippen LogP contribution in [0.25, 0.3) is 5.76 Å². The second-order valence-electron chi connectivity index (χ2n) is 6.42. The SMILES string of the molecule is O=C1C(=O)N(c2ccc(F)cc2)[C@H](c2ccccc2)C1=C(O)c1ccccc1. The van der Waals surface area contributed by atoms with Gasteiger partial charge in [0.05, 0.1) is 11.6 Å². The molecule has 5 heteroatoms. The Morgan fingerprint density at radius 2 is 1.39 bits per heavy atom. The van der Waals surface area contributed by atoms with Gasteiger partial charge in [-0.15, -0.1) is 0 Å². The number of benzene rings is 3. The van der Waals surface area contributed by atoms with E-state index in [1.54, 1.807) is 54.6 Å². The zero-order valence-electron chi connectivity index (χ0n) is 14.7. The van der Waals surface area contributed by atoms with E-state index in [0.29, 0.717) is 16.8 Å². The molecule has 0 saturated carbocycles. The third-order valence-corrected chi connectivity index (χ3v) is 4.71. The minimum absolute atomic E-state index is 0.00623. The van der Waals surface area contributed by atoms with Crippen LogP contribution in [0.1, 0.15) is 17.2 Å². The molecule has 1 saturated heterocycles. The maximum absolute atomic E-state index is 13.4. The summed E-state index contributed by atoms with van der Waals surface area (Å²) >= 11 is 0. The summed E-state index contributed by atoms with van der Waals surface area (Å²) in [7, 11) is 0. The molecule has 138 valence electrons. The predicted octanol–water partition coefficient (Wildman–Crippen LogP) is 4.45. The van der Waals surface area contributed by atoms with Crippen molar-refractivity contribution in [1.29, 1.82) is 0 Å². The van der Waals surface area contributed by atoms with Crippen molar-refractivity contribution in [3.05, 3.63) is 107 Å². The first-order chi connectivity index (χ1) is 13.6. The molecule has 0 spiro atoms. The molecule has 3 aromatic rings. The van der Waals surface area contributed by atoms with Gasteiger partial charge in [-0.05, 0) is 29.8 Å². The van der Waals surface area contributed by atoms with Gasteiger partial charge in [-0.3, -0.25) is 14.5 Å². The van der Waals surface area contributed by atoms with Crippen LogP contribution in [0.2, 0.25) is 0 Å². The van der Waals surface area contributed by atoms with Gasteiger partial charge < -0.3 is 5.11 Å². The Morgan fingerprint density at radius 3 is 2.00 bits per heavy atom. The van der Waals surface area contributed by atoms with E-state index in [2.05, 4.69) is 0 Å². The van der Waals surface area contributed by atoms with Gasteiger partial charge in [0.1, 0.15) is 11.6 Å². The summed E-state index contributed by atoms with van der Waals surface area (Å²) in [6, 6.07) is 22.1. The fourth-order valence-electron chi connectivity index (χ4n) is 3.40. The molecule has 0 aliphatic carbocycles. The normalized spacial score (nSPS) is 18.5. The number of carbonyl (C=O) groups is 2. The fraction of sp³-hybridized carbons (Fsp3) is 0.0435. The Kier molecular flexibility index (Phi) is 4.49. The Morgan fingerprint density at radius 1 is 0.821 bits per heavy atom. The van der Waals surface area contributed by atoms with E-state index in [1.165, 1.54) is 29.2 Å². The van der Waals surface area contributed by atoms with Crippen molar-refractivity contribution in [2.75, 3.05) is 4.90 Å². The second-order valence-corrected chi connectivity index (χ2v) is 6.42. The number of nitrogens with zero attached hydrogens (tertiary/aromatic N) is 1. The lowest BCUT2D eigenvalue weighted by Gasteiger charge is -2.25. The first kappa shape index (κ1) is 17.7. The van der Waals surface area contributed by atoms with Crippen LogP contribution < -0.4 is 4.90 Å². The van der Waals surface area contributed by atoms with Crippen molar-refractivity contribution in [2.45, 2.75) is 6.04 Å². The van der Waals surface area contributed by atoms with E-state index < -0.39 is 23.5 Å². The summed E-state index contributed by atoms with van der Waals surface area (Å²) in [5, 5.41) is 10.9. The standard InChI is InChI=1S/C23H16FNO3/c24-17-11-13-18(14-12-17)25-20(15-7-3-1-4-8-15)19(22(27)23(25)28)21(26)16-9-5-2-6-10-16/h1-14,20,26H/t20-/m1/s1. The first-order valence-electron chi connectivity index (χ1n) is 8.75. The molecule has 1 fully saturated rings. The molecule has 0 unspecified atom stereocenters. The Bertz CT molecular complexity index is 1060. The average molecular weight is 373 g/mol. The molecule has 0 aromatic heterocycles. The first-order valence-corrected chi connectivity index (χ1v) is 8.75. The average Bonchev–Trinajstić information content (AvgIpc) is 3.00. The monoisotopic (exact) mass is 373 g/mol. The summed E-state index contributed by atoms with van der Waals surface area (Å²) < 4.78 is 13.4. The lowest BCUT2D eigenvalue weighted by atomic mass is 9.95. The predicted molar refractivity (Wildman–Crippen MR) is 104 cm³/mol. The van der Waals surface area contributed by atoms with Crippen molar-refractivity contribution >= 4 is 23.1 Å².